The van der Waals surface area contributed by atoms with E-state index in [1.54, 1.807) is 48.5 Å². The molecule has 0 fully saturated rings. The minimum absolute atomic E-state index is 0. The molecule has 1 amide bonds. The van der Waals surface area contributed by atoms with E-state index in [1.807, 2.05) is 6.92 Å². The molecule has 1 heterocycles. The number of unbranched alkanes of at least 4 members (excludes halogenated alkanes) is 1. The highest BCUT2D eigenvalue weighted by Gasteiger charge is 2.10. The zero-order valence-electron chi connectivity index (χ0n) is 15.9. The summed E-state index contributed by atoms with van der Waals surface area (Å²) in [6, 6.07) is 13.8. The van der Waals surface area contributed by atoms with Crippen molar-refractivity contribution < 1.29 is 9.53 Å². The van der Waals surface area contributed by atoms with Crippen molar-refractivity contribution in [2.24, 2.45) is 0 Å². The molecule has 6 heteroatoms. The third-order valence-electron chi connectivity index (χ3n) is 3.81. The molecule has 150 valence electrons. The van der Waals surface area contributed by atoms with Crippen LogP contribution in [0.4, 0.5) is 0 Å². The van der Waals surface area contributed by atoms with Gasteiger partial charge in [-0.05, 0) is 37.3 Å². The number of fused-ring (bicyclic) bond motifs is 1. The monoisotopic (exact) mass is 383 g/mol. The van der Waals surface area contributed by atoms with Gasteiger partial charge in [-0.15, -0.1) is 5.10 Å². The van der Waals surface area contributed by atoms with E-state index in [0.717, 1.165) is 0 Å². The molecule has 0 unspecified atom stereocenters. The zero-order valence-corrected chi connectivity index (χ0v) is 15.9. The molecule has 28 heavy (non-hydrogen) atoms. The number of aromatic amines is 1. The normalized spacial score (nSPS) is 9.68. The van der Waals surface area contributed by atoms with E-state index in [0.29, 0.717) is 28.6 Å². The fourth-order valence-corrected chi connectivity index (χ4v) is 2.24. The quantitative estimate of drug-likeness (QED) is 0.656. The number of benzene rings is 2. The highest BCUT2D eigenvalue weighted by Crippen LogP contribution is 2.25. The van der Waals surface area contributed by atoms with Crippen molar-refractivity contribution in [3.8, 4) is 11.6 Å². The molecule has 0 bridgehead atoms. The molecule has 0 saturated carbocycles. The van der Waals surface area contributed by atoms with Crippen LogP contribution in [0.1, 0.15) is 51.4 Å². The molecule has 0 aliphatic carbocycles. The number of amides is 1. The highest BCUT2D eigenvalue weighted by molar-refractivity contribution is 5.94. The predicted molar refractivity (Wildman–Crippen MR) is 114 cm³/mol. The molecule has 2 N–H and O–H groups in total. The maximum Gasteiger partial charge on any atom is 0.272 e. The Morgan fingerprint density at radius 2 is 1.71 bits per heavy atom. The summed E-state index contributed by atoms with van der Waals surface area (Å²) in [5, 5.41) is 10.2. The summed E-state index contributed by atoms with van der Waals surface area (Å²) in [4.78, 5) is 23.6. The van der Waals surface area contributed by atoms with E-state index in [2.05, 4.69) is 29.4 Å². The van der Waals surface area contributed by atoms with Crippen LogP contribution in [0.25, 0.3) is 10.8 Å². The van der Waals surface area contributed by atoms with Gasteiger partial charge in [0.1, 0.15) is 5.75 Å². The topological polar surface area (TPSA) is 84.1 Å². The third-order valence-corrected chi connectivity index (χ3v) is 3.81. The van der Waals surface area contributed by atoms with E-state index in [9.17, 15) is 9.59 Å². The smallest absolute Gasteiger partial charge is 0.272 e. The summed E-state index contributed by atoms with van der Waals surface area (Å²) in [6.07, 6.45) is 2.64. The Bertz CT molecular complexity index is 949. The van der Waals surface area contributed by atoms with Crippen molar-refractivity contribution in [1.82, 2.24) is 15.5 Å². The lowest BCUT2D eigenvalue weighted by atomic mass is 10.2. The third kappa shape index (κ3) is 5.94. The number of hydrogen-bond acceptors (Lipinski definition) is 4. The Morgan fingerprint density at radius 1 is 1.04 bits per heavy atom. The van der Waals surface area contributed by atoms with Gasteiger partial charge >= 0.3 is 0 Å². The van der Waals surface area contributed by atoms with Gasteiger partial charge in [-0.3, -0.25) is 9.59 Å². The lowest BCUT2D eigenvalue weighted by Crippen LogP contribution is -2.22. The van der Waals surface area contributed by atoms with E-state index in [4.69, 9.17) is 4.74 Å². The number of hydrogen-bond donors (Lipinski definition) is 2. The van der Waals surface area contributed by atoms with Crippen LogP contribution in [-0.4, -0.2) is 22.6 Å². The summed E-state index contributed by atoms with van der Waals surface area (Å²) in [5.41, 5.74) is 0.224. The van der Waals surface area contributed by atoms with Crippen LogP contribution in [-0.2, 0) is 0 Å². The molecule has 1 aromatic heterocycles. The van der Waals surface area contributed by atoms with Crippen molar-refractivity contribution in [2.45, 2.75) is 41.0 Å². The Hall–Kier alpha value is -3.15. The van der Waals surface area contributed by atoms with Gasteiger partial charge in [-0.1, -0.05) is 52.3 Å². The number of ether oxygens (including phenoxy) is 1. The molecule has 2 aromatic carbocycles. The molecule has 6 nitrogen and oxygen atoms in total. The second kappa shape index (κ2) is 11.5. The van der Waals surface area contributed by atoms with Gasteiger partial charge in [0, 0.05) is 12.1 Å². The van der Waals surface area contributed by atoms with E-state index < -0.39 is 0 Å². The minimum Gasteiger partial charge on any atom is -0.437 e. The van der Waals surface area contributed by atoms with Gasteiger partial charge in [-0.2, -0.15) is 0 Å². The van der Waals surface area contributed by atoms with Gasteiger partial charge in [0.15, 0.2) is 0 Å². The number of H-pyrrole nitrogens is 1. The lowest BCUT2D eigenvalue weighted by molar-refractivity contribution is 0.0955. The number of nitrogens with zero attached hydrogens (tertiary/aromatic N) is 1. The first-order valence-electron chi connectivity index (χ1n) is 9.14. The molecule has 0 spiro atoms. The largest absolute Gasteiger partial charge is 0.437 e. The second-order valence-corrected chi connectivity index (χ2v) is 5.89. The predicted octanol–water partition coefficient (Wildman–Crippen LogP) is 4.91. The average Bonchev–Trinajstić information content (AvgIpc) is 2.71. The van der Waals surface area contributed by atoms with Crippen LogP contribution in [0.15, 0.2) is 53.3 Å². The summed E-state index contributed by atoms with van der Waals surface area (Å²) in [5.74, 6) is 0.587. The van der Waals surface area contributed by atoms with Crippen LogP contribution >= 0.6 is 0 Å². The van der Waals surface area contributed by atoms with Crippen LogP contribution < -0.4 is 15.6 Å². The number of aromatic nitrogens is 2. The fourth-order valence-electron chi connectivity index (χ4n) is 2.24. The molecule has 0 atom stereocenters. The number of carbonyl (C=O) groups is 1. The molecular formula is C22H29N3O3. The van der Waals surface area contributed by atoms with E-state index >= 15 is 0 Å². The molecule has 0 radical (unpaired) electrons. The molecule has 0 saturated heterocycles. The lowest BCUT2D eigenvalue weighted by Gasteiger charge is -2.08. The second-order valence-electron chi connectivity index (χ2n) is 5.89. The van der Waals surface area contributed by atoms with Crippen LogP contribution in [0.3, 0.4) is 0 Å². The summed E-state index contributed by atoms with van der Waals surface area (Å²) >= 11 is 0. The first-order chi connectivity index (χ1) is 13.1. The number of carbonyl (C=O) groups excluding carboxylic acids is 1. The van der Waals surface area contributed by atoms with Crippen LogP contribution in [0, 0.1) is 0 Å². The van der Waals surface area contributed by atoms with Crippen molar-refractivity contribution >= 4 is 16.7 Å². The highest BCUT2D eigenvalue weighted by atomic mass is 16.5. The Labute approximate surface area is 165 Å². The summed E-state index contributed by atoms with van der Waals surface area (Å²) < 4.78 is 5.75. The van der Waals surface area contributed by atoms with Crippen molar-refractivity contribution in [1.29, 1.82) is 0 Å². The fraction of sp³-hybridized carbons (Fsp3) is 0.318. The summed E-state index contributed by atoms with van der Waals surface area (Å²) in [6.45, 7) is 6.77. The van der Waals surface area contributed by atoms with Crippen molar-refractivity contribution in [3.63, 3.8) is 0 Å². The van der Waals surface area contributed by atoms with E-state index in [-0.39, 0.29) is 24.8 Å². The standard InChI is InChI=1S/C17H15N3O3.C4H10.CH4/c1-2-18-15(21)11-6-5-7-12(10-11)23-17-14-9-4-3-8-13(14)16(22)19-20-17;1-3-4-2;/h3-10H,2H2,1H3,(H,18,21)(H,19,22);3-4H2,1-2H3;1H4. The Balaban J connectivity index is 0.000000717. The Kier molecular flexibility index (Phi) is 9.43. The maximum absolute atomic E-state index is 11.9. The molecule has 0 aliphatic rings. The van der Waals surface area contributed by atoms with Gasteiger partial charge < -0.3 is 10.1 Å². The molecule has 3 aromatic rings. The SMILES string of the molecule is C.CCCC.CCNC(=O)c1cccc(Oc2n[nH]c(=O)c3ccccc23)c1. The van der Waals surface area contributed by atoms with Crippen LogP contribution in [0.5, 0.6) is 11.6 Å². The Morgan fingerprint density at radius 3 is 2.36 bits per heavy atom. The van der Waals surface area contributed by atoms with Gasteiger partial charge in [0.25, 0.3) is 11.5 Å². The summed E-state index contributed by atoms with van der Waals surface area (Å²) in [7, 11) is 0. The average molecular weight is 383 g/mol. The first-order valence-corrected chi connectivity index (χ1v) is 9.14. The van der Waals surface area contributed by atoms with Crippen molar-refractivity contribution in [2.75, 3.05) is 6.54 Å². The van der Waals surface area contributed by atoms with Gasteiger partial charge in [0.2, 0.25) is 5.88 Å². The molecule has 0 aliphatic heterocycles. The number of rotatable bonds is 5. The van der Waals surface area contributed by atoms with Crippen molar-refractivity contribution in [3.05, 3.63) is 64.4 Å². The minimum atomic E-state index is -0.274. The van der Waals surface area contributed by atoms with E-state index in [1.165, 1.54) is 12.8 Å². The first kappa shape index (κ1) is 22.9. The van der Waals surface area contributed by atoms with Gasteiger partial charge in [-0.25, -0.2) is 5.10 Å². The zero-order chi connectivity index (χ0) is 19.6. The maximum atomic E-state index is 11.9. The van der Waals surface area contributed by atoms with Crippen LogP contribution in [0.2, 0.25) is 0 Å². The molecule has 3 rings (SSSR count). The van der Waals surface area contributed by atoms with Gasteiger partial charge in [0.05, 0.1) is 10.8 Å². The number of nitrogens with one attached hydrogen (secondary N) is 2. The molecular weight excluding hydrogens is 354 g/mol.